The maximum atomic E-state index is 12.2. The van der Waals surface area contributed by atoms with Gasteiger partial charge in [-0.2, -0.15) is 0 Å². The van der Waals surface area contributed by atoms with Crippen molar-refractivity contribution in [3.8, 4) is 0 Å². The van der Waals surface area contributed by atoms with E-state index < -0.39 is 0 Å². The van der Waals surface area contributed by atoms with Crippen LogP contribution in [0.3, 0.4) is 0 Å². The first kappa shape index (κ1) is 12.8. The average Bonchev–Trinajstić information content (AvgIpc) is 2.38. The zero-order chi connectivity index (χ0) is 12.7. The molecule has 1 rings (SSSR count). The Hall–Kier alpha value is -1.25. The second-order valence-corrected chi connectivity index (χ2v) is 5.47. The summed E-state index contributed by atoms with van der Waals surface area (Å²) in [4.78, 5) is 14.0. The van der Waals surface area contributed by atoms with Gasteiger partial charge in [-0.05, 0) is 19.4 Å². The smallest absolute Gasteiger partial charge is 0.232 e. The van der Waals surface area contributed by atoms with Crippen molar-refractivity contribution in [1.29, 1.82) is 0 Å². The number of anilines is 1. The molecule has 0 aliphatic rings. The van der Waals surface area contributed by atoms with Crippen LogP contribution in [0.1, 0.15) is 32.0 Å². The monoisotopic (exact) mass is 222 g/mol. The van der Waals surface area contributed by atoms with E-state index in [1.54, 1.807) is 4.90 Å². The highest BCUT2D eigenvalue weighted by molar-refractivity contribution is 5.97. The molecule has 0 saturated carbocycles. The van der Waals surface area contributed by atoms with Gasteiger partial charge in [-0.3, -0.25) is 4.79 Å². The fraction of sp³-hybridized carbons (Fsp3) is 0.615. The Morgan fingerprint density at radius 3 is 2.12 bits per heavy atom. The highest BCUT2D eigenvalue weighted by Gasteiger charge is 2.28. The quantitative estimate of drug-likeness (QED) is 0.717. The lowest BCUT2D eigenvalue weighted by atomic mass is 9.94. The minimum absolute atomic E-state index is 0.143. The second kappa shape index (κ2) is 3.96. The summed E-state index contributed by atoms with van der Waals surface area (Å²) in [6.45, 7) is 9.90. The van der Waals surface area contributed by atoms with Crippen molar-refractivity contribution in [3.63, 3.8) is 0 Å². The normalized spacial score (nSPS) is 11.7. The fourth-order valence-corrected chi connectivity index (χ4v) is 2.01. The van der Waals surface area contributed by atoms with Gasteiger partial charge in [-0.25, -0.2) is 0 Å². The third-order valence-corrected chi connectivity index (χ3v) is 2.91. The van der Waals surface area contributed by atoms with Gasteiger partial charge in [0.25, 0.3) is 0 Å². The predicted octanol–water partition coefficient (Wildman–Crippen LogP) is 2.65. The molecule has 0 saturated heterocycles. The van der Waals surface area contributed by atoms with E-state index in [1.165, 1.54) is 0 Å². The number of aryl methyl sites for hydroxylation is 2. The first-order chi connectivity index (χ1) is 7.16. The van der Waals surface area contributed by atoms with Crippen molar-refractivity contribution in [3.05, 3.63) is 17.5 Å². The first-order valence-corrected chi connectivity index (χ1v) is 5.57. The molecule has 0 unspecified atom stereocenters. The van der Waals surface area contributed by atoms with Gasteiger partial charge < -0.3 is 9.47 Å². The number of hydrogen-bond acceptors (Lipinski definition) is 1. The molecular weight excluding hydrogens is 200 g/mol. The molecule has 0 aromatic carbocycles. The Morgan fingerprint density at radius 2 is 1.81 bits per heavy atom. The Balaban J connectivity index is 3.15. The van der Waals surface area contributed by atoms with Gasteiger partial charge in [-0.15, -0.1) is 0 Å². The molecule has 16 heavy (non-hydrogen) atoms. The molecule has 0 N–H and O–H groups in total. The predicted molar refractivity (Wildman–Crippen MR) is 67.8 cm³/mol. The third-order valence-electron chi connectivity index (χ3n) is 2.91. The minimum atomic E-state index is -0.344. The number of aromatic nitrogens is 1. The summed E-state index contributed by atoms with van der Waals surface area (Å²) in [5.41, 5.74) is 2.95. The zero-order valence-corrected chi connectivity index (χ0v) is 11.4. The van der Waals surface area contributed by atoms with E-state index in [4.69, 9.17) is 0 Å². The molecule has 1 amide bonds. The molecule has 0 atom stereocenters. The molecule has 1 heterocycles. The van der Waals surface area contributed by atoms with Crippen LogP contribution >= 0.6 is 0 Å². The number of hydrogen-bond donors (Lipinski definition) is 0. The summed E-state index contributed by atoms with van der Waals surface area (Å²) in [5, 5.41) is 0. The second-order valence-electron chi connectivity index (χ2n) is 5.47. The van der Waals surface area contributed by atoms with Crippen LogP contribution in [0.15, 0.2) is 6.20 Å². The number of rotatable bonds is 1. The Kier molecular flexibility index (Phi) is 3.17. The molecule has 3 nitrogen and oxygen atoms in total. The number of carbonyl (C=O) groups excluding carboxylic acids is 1. The first-order valence-electron chi connectivity index (χ1n) is 5.57. The van der Waals surface area contributed by atoms with Crippen LogP contribution in [0.2, 0.25) is 0 Å². The van der Waals surface area contributed by atoms with E-state index in [2.05, 4.69) is 10.8 Å². The van der Waals surface area contributed by atoms with Gasteiger partial charge in [0, 0.05) is 31.4 Å². The van der Waals surface area contributed by atoms with E-state index in [1.807, 2.05) is 48.7 Å². The zero-order valence-electron chi connectivity index (χ0n) is 11.4. The van der Waals surface area contributed by atoms with Crippen molar-refractivity contribution in [2.45, 2.75) is 34.6 Å². The minimum Gasteiger partial charge on any atom is -0.353 e. The Morgan fingerprint density at radius 1 is 1.31 bits per heavy atom. The molecule has 1 aromatic heterocycles. The van der Waals surface area contributed by atoms with Crippen molar-refractivity contribution in [1.82, 2.24) is 4.57 Å². The lowest BCUT2D eigenvalue weighted by molar-refractivity contribution is -0.125. The van der Waals surface area contributed by atoms with Crippen LogP contribution in [0, 0.1) is 19.3 Å². The summed E-state index contributed by atoms with van der Waals surface area (Å²) >= 11 is 0. The highest BCUT2D eigenvalue weighted by Crippen LogP contribution is 2.28. The molecule has 0 radical (unpaired) electrons. The van der Waals surface area contributed by atoms with Gasteiger partial charge in [0.2, 0.25) is 5.91 Å². The molecule has 0 fully saturated rings. The molecule has 0 bridgehead atoms. The van der Waals surface area contributed by atoms with E-state index >= 15 is 0 Å². The SMILES string of the molecule is Cc1cn(C)c(C)c1N(C)C(=O)C(C)(C)C. The van der Waals surface area contributed by atoms with Crippen LogP contribution < -0.4 is 4.90 Å². The average molecular weight is 222 g/mol. The van der Waals surface area contributed by atoms with Crippen LogP contribution in [0.4, 0.5) is 5.69 Å². The summed E-state index contributed by atoms with van der Waals surface area (Å²) in [6, 6.07) is 0. The van der Waals surface area contributed by atoms with Crippen molar-refractivity contribution in [2.75, 3.05) is 11.9 Å². The molecule has 3 heteroatoms. The van der Waals surface area contributed by atoms with E-state index in [-0.39, 0.29) is 11.3 Å². The molecule has 0 aliphatic carbocycles. The van der Waals surface area contributed by atoms with Crippen molar-refractivity contribution in [2.24, 2.45) is 12.5 Å². The maximum Gasteiger partial charge on any atom is 0.232 e. The molecule has 0 spiro atoms. The summed E-state index contributed by atoms with van der Waals surface area (Å²) in [7, 11) is 3.85. The number of amides is 1. The number of carbonyl (C=O) groups is 1. The number of nitrogens with zero attached hydrogens (tertiary/aromatic N) is 2. The Bertz CT molecular complexity index is 410. The van der Waals surface area contributed by atoms with E-state index in [0.29, 0.717) is 0 Å². The lowest BCUT2D eigenvalue weighted by Gasteiger charge is -2.26. The summed E-state index contributed by atoms with van der Waals surface area (Å²) < 4.78 is 2.05. The van der Waals surface area contributed by atoms with Gasteiger partial charge in [0.1, 0.15) is 0 Å². The molecule has 1 aromatic rings. The van der Waals surface area contributed by atoms with Gasteiger partial charge in [0.15, 0.2) is 0 Å². The van der Waals surface area contributed by atoms with Crippen LogP contribution in [0.5, 0.6) is 0 Å². The van der Waals surface area contributed by atoms with Gasteiger partial charge in [0.05, 0.1) is 5.69 Å². The highest BCUT2D eigenvalue weighted by atomic mass is 16.2. The largest absolute Gasteiger partial charge is 0.353 e. The Labute approximate surface area is 98.1 Å². The standard InChI is InChI=1S/C13H22N2O/c1-9-8-14(6)10(2)11(9)15(7)12(16)13(3,4)5/h8H,1-7H3. The van der Waals surface area contributed by atoms with Crippen LogP contribution in [0.25, 0.3) is 0 Å². The molecular formula is C13H22N2O. The van der Waals surface area contributed by atoms with E-state index in [0.717, 1.165) is 16.9 Å². The van der Waals surface area contributed by atoms with Gasteiger partial charge in [-0.1, -0.05) is 20.8 Å². The topological polar surface area (TPSA) is 25.2 Å². The van der Waals surface area contributed by atoms with E-state index in [9.17, 15) is 4.79 Å². The fourth-order valence-electron chi connectivity index (χ4n) is 2.01. The summed E-state index contributed by atoms with van der Waals surface area (Å²) in [6.07, 6.45) is 2.05. The summed E-state index contributed by atoms with van der Waals surface area (Å²) in [5.74, 6) is 0.143. The third kappa shape index (κ3) is 2.13. The van der Waals surface area contributed by atoms with Crippen LogP contribution in [-0.2, 0) is 11.8 Å². The lowest BCUT2D eigenvalue weighted by Crippen LogP contribution is -2.37. The molecule has 90 valence electrons. The maximum absolute atomic E-state index is 12.2. The molecule has 0 aliphatic heterocycles. The van der Waals surface area contributed by atoms with Gasteiger partial charge >= 0.3 is 0 Å². The van der Waals surface area contributed by atoms with Crippen molar-refractivity contribution >= 4 is 11.6 Å². The van der Waals surface area contributed by atoms with Crippen LogP contribution in [-0.4, -0.2) is 17.5 Å². The van der Waals surface area contributed by atoms with Crippen molar-refractivity contribution < 1.29 is 4.79 Å².